The van der Waals surface area contributed by atoms with E-state index in [9.17, 15) is 4.79 Å². The third-order valence-electron chi connectivity index (χ3n) is 5.32. The van der Waals surface area contributed by atoms with Crippen LogP contribution in [0.1, 0.15) is 18.1 Å². The van der Waals surface area contributed by atoms with Crippen molar-refractivity contribution in [2.24, 2.45) is 0 Å². The van der Waals surface area contributed by atoms with Gasteiger partial charge in [-0.3, -0.25) is 9.69 Å². The molecule has 1 N–H and O–H groups in total. The highest BCUT2D eigenvalue weighted by atomic mass is 16.5. The molecule has 0 saturated carbocycles. The molecule has 0 radical (unpaired) electrons. The van der Waals surface area contributed by atoms with Crippen LogP contribution in [0.4, 0.5) is 5.69 Å². The van der Waals surface area contributed by atoms with Crippen LogP contribution in [0.25, 0.3) is 0 Å². The molecular formula is C22H29N3O2. The van der Waals surface area contributed by atoms with E-state index in [0.717, 1.165) is 37.5 Å². The molecule has 3 rings (SSSR count). The summed E-state index contributed by atoms with van der Waals surface area (Å²) in [5.74, 6) is 0.903. The van der Waals surface area contributed by atoms with Gasteiger partial charge in [0.15, 0.2) is 0 Å². The second kappa shape index (κ2) is 8.91. The largest absolute Gasteiger partial charge is 0.497 e. The van der Waals surface area contributed by atoms with Crippen LogP contribution in [0.2, 0.25) is 0 Å². The molecule has 0 spiro atoms. The van der Waals surface area contributed by atoms with Gasteiger partial charge in [-0.15, -0.1) is 0 Å². The SMILES string of the molecule is COc1ccc(CNC(=O)[C@H](C)N2CCN(c3ccccc3C)CC2)cc1. The first-order chi connectivity index (χ1) is 13.1. The number of para-hydroxylation sites is 1. The van der Waals surface area contributed by atoms with Gasteiger partial charge in [-0.1, -0.05) is 30.3 Å². The zero-order valence-corrected chi connectivity index (χ0v) is 16.4. The average Bonchev–Trinajstić information content (AvgIpc) is 2.72. The molecule has 144 valence electrons. The molecule has 0 aliphatic carbocycles. The van der Waals surface area contributed by atoms with Crippen LogP contribution in [0.5, 0.6) is 5.75 Å². The number of carbonyl (C=O) groups is 1. The van der Waals surface area contributed by atoms with E-state index < -0.39 is 0 Å². The molecule has 1 heterocycles. The zero-order chi connectivity index (χ0) is 19.2. The van der Waals surface area contributed by atoms with Crippen LogP contribution in [0.15, 0.2) is 48.5 Å². The van der Waals surface area contributed by atoms with E-state index >= 15 is 0 Å². The Labute approximate surface area is 161 Å². The first-order valence-electron chi connectivity index (χ1n) is 9.54. The molecular weight excluding hydrogens is 338 g/mol. The maximum absolute atomic E-state index is 12.6. The van der Waals surface area contributed by atoms with Gasteiger partial charge in [0, 0.05) is 38.4 Å². The average molecular weight is 367 g/mol. The van der Waals surface area contributed by atoms with E-state index in [1.165, 1.54) is 11.3 Å². The summed E-state index contributed by atoms with van der Waals surface area (Å²) in [6.07, 6.45) is 0. The lowest BCUT2D eigenvalue weighted by Gasteiger charge is -2.39. The molecule has 1 atom stereocenters. The maximum Gasteiger partial charge on any atom is 0.237 e. The number of aryl methyl sites for hydroxylation is 1. The predicted octanol–water partition coefficient (Wildman–Crippen LogP) is 2.83. The van der Waals surface area contributed by atoms with Crippen LogP contribution in [-0.2, 0) is 11.3 Å². The molecule has 1 aliphatic heterocycles. The molecule has 5 nitrogen and oxygen atoms in total. The molecule has 0 unspecified atom stereocenters. The van der Waals surface area contributed by atoms with Crippen molar-refractivity contribution in [2.45, 2.75) is 26.4 Å². The number of anilines is 1. The fourth-order valence-corrected chi connectivity index (χ4v) is 3.51. The minimum atomic E-state index is -0.123. The van der Waals surface area contributed by atoms with Gasteiger partial charge in [0.25, 0.3) is 0 Å². The number of hydrogen-bond donors (Lipinski definition) is 1. The monoisotopic (exact) mass is 367 g/mol. The Hall–Kier alpha value is -2.53. The predicted molar refractivity (Wildman–Crippen MR) is 109 cm³/mol. The van der Waals surface area contributed by atoms with Gasteiger partial charge in [0.1, 0.15) is 5.75 Å². The van der Waals surface area contributed by atoms with Crippen molar-refractivity contribution in [3.05, 3.63) is 59.7 Å². The van der Waals surface area contributed by atoms with Crippen LogP contribution in [-0.4, -0.2) is 50.1 Å². The van der Waals surface area contributed by atoms with Crippen molar-refractivity contribution < 1.29 is 9.53 Å². The Morgan fingerprint density at radius 1 is 1.07 bits per heavy atom. The summed E-state index contributed by atoms with van der Waals surface area (Å²) in [4.78, 5) is 17.2. The first kappa shape index (κ1) is 19.2. The maximum atomic E-state index is 12.6. The molecule has 2 aromatic rings. The van der Waals surface area contributed by atoms with Crippen LogP contribution >= 0.6 is 0 Å². The highest BCUT2D eigenvalue weighted by Gasteiger charge is 2.25. The Bertz CT molecular complexity index is 752. The van der Waals surface area contributed by atoms with E-state index in [-0.39, 0.29) is 11.9 Å². The number of piperazine rings is 1. The standard InChI is InChI=1S/C22H29N3O2/c1-17-6-4-5-7-21(17)25-14-12-24(13-15-25)18(2)22(26)23-16-19-8-10-20(27-3)11-9-19/h4-11,18H,12-16H2,1-3H3,(H,23,26)/t18-/m0/s1. The Morgan fingerprint density at radius 2 is 1.74 bits per heavy atom. The normalized spacial score (nSPS) is 16.0. The van der Waals surface area contributed by atoms with Gasteiger partial charge in [-0.05, 0) is 43.2 Å². The molecule has 5 heteroatoms. The lowest BCUT2D eigenvalue weighted by atomic mass is 10.1. The van der Waals surface area contributed by atoms with E-state index in [2.05, 4.69) is 46.3 Å². The zero-order valence-electron chi connectivity index (χ0n) is 16.4. The summed E-state index contributed by atoms with van der Waals surface area (Å²) in [6.45, 7) is 8.36. The quantitative estimate of drug-likeness (QED) is 0.853. The number of carbonyl (C=O) groups excluding carboxylic acids is 1. The molecule has 1 amide bonds. The van der Waals surface area contributed by atoms with Crippen molar-refractivity contribution in [3.63, 3.8) is 0 Å². The van der Waals surface area contributed by atoms with Crippen molar-refractivity contribution in [1.82, 2.24) is 10.2 Å². The van der Waals surface area contributed by atoms with E-state index in [1.54, 1.807) is 7.11 Å². The third kappa shape index (κ3) is 4.80. The summed E-state index contributed by atoms with van der Waals surface area (Å²) in [5.41, 5.74) is 3.67. The lowest BCUT2D eigenvalue weighted by molar-refractivity contribution is -0.126. The van der Waals surface area contributed by atoms with Gasteiger partial charge in [0.2, 0.25) is 5.91 Å². The van der Waals surface area contributed by atoms with Gasteiger partial charge in [-0.25, -0.2) is 0 Å². The molecule has 1 fully saturated rings. The number of hydrogen-bond acceptors (Lipinski definition) is 4. The number of amides is 1. The topological polar surface area (TPSA) is 44.8 Å². The Morgan fingerprint density at radius 3 is 2.37 bits per heavy atom. The third-order valence-corrected chi connectivity index (χ3v) is 5.32. The molecule has 2 aromatic carbocycles. The highest BCUT2D eigenvalue weighted by Crippen LogP contribution is 2.21. The second-order valence-corrected chi connectivity index (χ2v) is 7.05. The molecule has 1 aliphatic rings. The van der Waals surface area contributed by atoms with Crippen molar-refractivity contribution in [2.75, 3.05) is 38.2 Å². The first-order valence-corrected chi connectivity index (χ1v) is 9.54. The molecule has 27 heavy (non-hydrogen) atoms. The van der Waals surface area contributed by atoms with Crippen LogP contribution in [0, 0.1) is 6.92 Å². The Kier molecular flexibility index (Phi) is 6.35. The number of benzene rings is 2. The van der Waals surface area contributed by atoms with Gasteiger partial charge < -0.3 is 15.0 Å². The van der Waals surface area contributed by atoms with Gasteiger partial charge in [0.05, 0.1) is 13.2 Å². The number of rotatable bonds is 6. The number of ether oxygens (including phenoxy) is 1. The van der Waals surface area contributed by atoms with E-state index in [1.807, 2.05) is 31.2 Å². The summed E-state index contributed by atoms with van der Waals surface area (Å²) in [7, 11) is 1.65. The number of nitrogens with zero attached hydrogens (tertiary/aromatic N) is 2. The Balaban J connectivity index is 1.48. The van der Waals surface area contributed by atoms with Crippen LogP contribution < -0.4 is 15.0 Å². The molecule has 0 aromatic heterocycles. The van der Waals surface area contributed by atoms with Crippen molar-refractivity contribution in [1.29, 1.82) is 0 Å². The minimum Gasteiger partial charge on any atom is -0.497 e. The second-order valence-electron chi connectivity index (χ2n) is 7.05. The molecule has 1 saturated heterocycles. The number of nitrogens with one attached hydrogen (secondary N) is 1. The van der Waals surface area contributed by atoms with Gasteiger partial charge >= 0.3 is 0 Å². The summed E-state index contributed by atoms with van der Waals surface area (Å²) in [6, 6.07) is 16.1. The van der Waals surface area contributed by atoms with Crippen LogP contribution in [0.3, 0.4) is 0 Å². The fraction of sp³-hybridized carbons (Fsp3) is 0.409. The summed E-state index contributed by atoms with van der Waals surface area (Å²) in [5, 5.41) is 3.05. The molecule has 0 bridgehead atoms. The lowest BCUT2D eigenvalue weighted by Crippen LogP contribution is -2.54. The number of methoxy groups -OCH3 is 1. The minimum absolute atomic E-state index is 0.0789. The van der Waals surface area contributed by atoms with E-state index in [0.29, 0.717) is 6.54 Å². The fourth-order valence-electron chi connectivity index (χ4n) is 3.51. The van der Waals surface area contributed by atoms with Crippen molar-refractivity contribution in [3.8, 4) is 5.75 Å². The smallest absolute Gasteiger partial charge is 0.237 e. The van der Waals surface area contributed by atoms with E-state index in [4.69, 9.17) is 4.74 Å². The van der Waals surface area contributed by atoms with Crippen molar-refractivity contribution >= 4 is 11.6 Å². The summed E-state index contributed by atoms with van der Waals surface area (Å²) >= 11 is 0. The van der Waals surface area contributed by atoms with Gasteiger partial charge in [-0.2, -0.15) is 0 Å². The highest BCUT2D eigenvalue weighted by molar-refractivity contribution is 5.81. The summed E-state index contributed by atoms with van der Waals surface area (Å²) < 4.78 is 5.16.